The van der Waals surface area contributed by atoms with Gasteiger partial charge in [0.1, 0.15) is 18.2 Å². The molecule has 1 aromatic heterocycles. The third-order valence-electron chi connectivity index (χ3n) is 5.37. The molecule has 1 N–H and O–H groups in total. The van der Waals surface area contributed by atoms with Crippen LogP contribution in [0.2, 0.25) is 0 Å². The van der Waals surface area contributed by atoms with E-state index >= 15 is 0 Å². The molecule has 166 valence electrons. The lowest BCUT2D eigenvalue weighted by atomic mass is 10.0. The number of amides is 2. The van der Waals surface area contributed by atoms with Gasteiger partial charge in [0.25, 0.3) is 5.91 Å². The Kier molecular flexibility index (Phi) is 7.44. The summed E-state index contributed by atoms with van der Waals surface area (Å²) < 4.78 is 7.61. The van der Waals surface area contributed by atoms with Crippen LogP contribution in [0.3, 0.4) is 0 Å². The van der Waals surface area contributed by atoms with Crippen LogP contribution >= 0.6 is 0 Å². The van der Waals surface area contributed by atoms with Crippen LogP contribution in [-0.4, -0.2) is 51.2 Å². The lowest BCUT2D eigenvalue weighted by Crippen LogP contribution is -2.35. The number of ether oxygens (including phenoxy) is 1. The number of hydrogen-bond acceptors (Lipinski definition) is 5. The molecule has 0 fully saturated rings. The van der Waals surface area contributed by atoms with Crippen molar-refractivity contribution in [3.63, 3.8) is 0 Å². The normalized spacial score (nSPS) is 14.5. The summed E-state index contributed by atoms with van der Waals surface area (Å²) >= 11 is 0. The Labute approximate surface area is 183 Å². The molecule has 1 atom stereocenters. The maximum absolute atomic E-state index is 13.1. The van der Waals surface area contributed by atoms with Crippen molar-refractivity contribution in [2.45, 2.75) is 46.2 Å². The van der Waals surface area contributed by atoms with E-state index in [1.807, 2.05) is 24.0 Å². The van der Waals surface area contributed by atoms with Gasteiger partial charge in [-0.05, 0) is 24.1 Å². The summed E-state index contributed by atoms with van der Waals surface area (Å²) in [6.07, 6.45) is 2.70. The van der Waals surface area contributed by atoms with Gasteiger partial charge in [0.2, 0.25) is 5.91 Å². The van der Waals surface area contributed by atoms with Gasteiger partial charge < -0.3 is 19.5 Å². The predicted octanol–water partition coefficient (Wildman–Crippen LogP) is 2.76. The zero-order chi connectivity index (χ0) is 22.4. The highest BCUT2D eigenvalue weighted by Gasteiger charge is 2.28. The van der Waals surface area contributed by atoms with Gasteiger partial charge in [-0.1, -0.05) is 39.5 Å². The molecule has 3 rings (SSSR count). The van der Waals surface area contributed by atoms with Crippen molar-refractivity contribution in [2.75, 3.05) is 19.7 Å². The number of fused-ring (bicyclic) bond motifs is 1. The molecule has 0 aliphatic carbocycles. The van der Waals surface area contributed by atoms with Gasteiger partial charge in [-0.3, -0.25) is 9.59 Å². The van der Waals surface area contributed by atoms with Gasteiger partial charge in [0.15, 0.2) is 5.82 Å². The summed E-state index contributed by atoms with van der Waals surface area (Å²) in [6.45, 7) is 11.7. The molecule has 0 radical (unpaired) electrons. The first-order valence-corrected chi connectivity index (χ1v) is 10.8. The number of hydrogen-bond donors (Lipinski definition) is 1. The molecule has 2 amide bonds. The summed E-state index contributed by atoms with van der Waals surface area (Å²) in [6, 6.07) is 6.99. The summed E-state index contributed by atoms with van der Waals surface area (Å²) in [7, 11) is 0. The summed E-state index contributed by atoms with van der Waals surface area (Å²) in [4.78, 5) is 27.0. The molecule has 1 aliphatic rings. The van der Waals surface area contributed by atoms with E-state index in [0.29, 0.717) is 50.4 Å². The number of benzene rings is 1. The third-order valence-corrected chi connectivity index (χ3v) is 5.37. The first kappa shape index (κ1) is 22.5. The van der Waals surface area contributed by atoms with Crippen molar-refractivity contribution in [1.29, 1.82) is 0 Å². The number of carbonyl (C=O) groups is 2. The van der Waals surface area contributed by atoms with E-state index in [9.17, 15) is 9.59 Å². The fraction of sp³-hybridized carbons (Fsp3) is 0.478. The van der Waals surface area contributed by atoms with Crippen LogP contribution in [0.1, 0.15) is 55.2 Å². The van der Waals surface area contributed by atoms with Crippen molar-refractivity contribution >= 4 is 11.8 Å². The maximum atomic E-state index is 13.1. The fourth-order valence-electron chi connectivity index (χ4n) is 3.64. The lowest BCUT2D eigenvalue weighted by Gasteiger charge is -2.23. The first-order chi connectivity index (χ1) is 14.9. The van der Waals surface area contributed by atoms with Gasteiger partial charge in [-0.2, -0.15) is 0 Å². The molecule has 1 aliphatic heterocycles. The Morgan fingerprint density at radius 1 is 1.26 bits per heavy atom. The number of aromatic nitrogens is 3. The second-order valence-electron chi connectivity index (χ2n) is 7.94. The fourth-order valence-corrected chi connectivity index (χ4v) is 3.64. The van der Waals surface area contributed by atoms with Crippen LogP contribution < -0.4 is 10.1 Å². The van der Waals surface area contributed by atoms with Gasteiger partial charge >= 0.3 is 0 Å². The Morgan fingerprint density at radius 2 is 2.06 bits per heavy atom. The maximum Gasteiger partial charge on any atom is 0.254 e. The van der Waals surface area contributed by atoms with Crippen LogP contribution in [0.25, 0.3) is 0 Å². The molecule has 0 saturated carbocycles. The number of nitrogens with one attached hydrogen (secondary N) is 1. The average Bonchev–Trinajstić information content (AvgIpc) is 3.05. The molecule has 2 heterocycles. The van der Waals surface area contributed by atoms with Gasteiger partial charge in [0.05, 0.1) is 6.04 Å². The molecule has 0 saturated heterocycles. The Hall–Kier alpha value is -3.16. The highest BCUT2D eigenvalue weighted by molar-refractivity contribution is 5.94. The van der Waals surface area contributed by atoms with Crippen LogP contribution in [0.5, 0.6) is 5.75 Å². The lowest BCUT2D eigenvalue weighted by molar-refractivity contribution is -0.121. The zero-order valence-corrected chi connectivity index (χ0v) is 18.5. The average molecular weight is 426 g/mol. The second-order valence-corrected chi connectivity index (χ2v) is 7.94. The molecule has 31 heavy (non-hydrogen) atoms. The Bertz CT molecular complexity index is 937. The predicted molar refractivity (Wildman–Crippen MR) is 118 cm³/mol. The van der Waals surface area contributed by atoms with Gasteiger partial charge in [-0.25, -0.2) is 0 Å². The van der Waals surface area contributed by atoms with Crippen LogP contribution in [-0.2, 0) is 17.8 Å². The highest BCUT2D eigenvalue weighted by Crippen LogP contribution is 2.23. The molecular weight excluding hydrogens is 394 g/mol. The second kappa shape index (κ2) is 10.2. The van der Waals surface area contributed by atoms with E-state index in [-0.39, 0.29) is 23.8 Å². The monoisotopic (exact) mass is 425 g/mol. The Balaban J connectivity index is 1.75. The number of nitrogens with zero attached hydrogens (tertiary/aromatic N) is 4. The number of rotatable bonds is 8. The molecule has 2 aromatic rings. The van der Waals surface area contributed by atoms with Crippen molar-refractivity contribution < 1.29 is 14.3 Å². The van der Waals surface area contributed by atoms with E-state index in [0.717, 1.165) is 11.6 Å². The minimum absolute atomic E-state index is 0.0139. The van der Waals surface area contributed by atoms with E-state index in [1.165, 1.54) is 0 Å². The quantitative estimate of drug-likeness (QED) is 0.657. The van der Waals surface area contributed by atoms with Crippen molar-refractivity contribution in [3.05, 3.63) is 54.1 Å². The van der Waals surface area contributed by atoms with Gasteiger partial charge in [0, 0.05) is 38.0 Å². The first-order valence-electron chi connectivity index (χ1n) is 10.8. The van der Waals surface area contributed by atoms with Crippen molar-refractivity contribution in [1.82, 2.24) is 25.0 Å². The largest absolute Gasteiger partial charge is 0.490 e. The highest BCUT2D eigenvalue weighted by atomic mass is 16.5. The molecule has 0 bridgehead atoms. The minimum Gasteiger partial charge on any atom is -0.490 e. The molecule has 1 aromatic carbocycles. The SMILES string of the molecule is C=CCOc1cccc(C(=O)N2CCc3nnc([C@H](NC(=O)CC)C(C)C)n3CC2)c1. The summed E-state index contributed by atoms with van der Waals surface area (Å²) in [5.74, 6) is 2.35. The summed E-state index contributed by atoms with van der Waals surface area (Å²) in [5, 5.41) is 11.8. The smallest absolute Gasteiger partial charge is 0.254 e. The van der Waals surface area contributed by atoms with E-state index in [2.05, 4.69) is 40.5 Å². The van der Waals surface area contributed by atoms with E-state index in [4.69, 9.17) is 4.74 Å². The Morgan fingerprint density at radius 3 is 2.77 bits per heavy atom. The van der Waals surface area contributed by atoms with E-state index in [1.54, 1.807) is 18.2 Å². The van der Waals surface area contributed by atoms with Gasteiger partial charge in [-0.15, -0.1) is 10.2 Å². The topological polar surface area (TPSA) is 89.3 Å². The molecular formula is C23H31N5O3. The molecule has 8 nitrogen and oxygen atoms in total. The standard InChI is InChI=1S/C23H31N5O3/c1-5-14-31-18-9-7-8-17(15-18)23(30)27-11-10-19-25-26-22(28(19)13-12-27)21(16(3)4)24-20(29)6-2/h5,7-9,15-16,21H,1,6,10-14H2,2-4H3,(H,24,29)/t21-/m1/s1. The zero-order valence-electron chi connectivity index (χ0n) is 18.5. The van der Waals surface area contributed by atoms with Crippen molar-refractivity contribution in [3.8, 4) is 5.75 Å². The third kappa shape index (κ3) is 5.31. The molecule has 0 spiro atoms. The number of carbonyl (C=O) groups excluding carboxylic acids is 2. The summed E-state index contributed by atoms with van der Waals surface area (Å²) in [5.41, 5.74) is 0.592. The molecule has 8 heteroatoms. The van der Waals surface area contributed by atoms with Crippen LogP contribution in [0.4, 0.5) is 0 Å². The van der Waals surface area contributed by atoms with Crippen molar-refractivity contribution in [2.24, 2.45) is 5.92 Å². The van der Waals surface area contributed by atoms with E-state index < -0.39 is 0 Å². The van der Waals surface area contributed by atoms with Crippen LogP contribution in [0.15, 0.2) is 36.9 Å². The van der Waals surface area contributed by atoms with Crippen LogP contribution in [0, 0.1) is 5.92 Å². The minimum atomic E-state index is -0.213. The molecule has 0 unspecified atom stereocenters.